The molecule has 7 heteroatoms. The SMILES string of the molecule is CN(CC(=O)O)C1CCN(CCOc2cc(Cl)ccc2Cl)CC1. The summed E-state index contributed by atoms with van der Waals surface area (Å²) in [6.45, 7) is 3.36. The highest BCUT2D eigenvalue weighted by molar-refractivity contribution is 6.34. The highest BCUT2D eigenvalue weighted by Crippen LogP contribution is 2.27. The molecule has 0 aromatic heterocycles. The van der Waals surface area contributed by atoms with Gasteiger partial charge in [0.25, 0.3) is 0 Å². The second-order valence-electron chi connectivity index (χ2n) is 5.80. The molecule has 128 valence electrons. The zero-order chi connectivity index (χ0) is 16.8. The Morgan fingerprint density at radius 3 is 2.74 bits per heavy atom. The third-order valence-corrected chi connectivity index (χ3v) is 4.67. The van der Waals surface area contributed by atoms with E-state index in [1.54, 1.807) is 18.2 Å². The highest BCUT2D eigenvalue weighted by atomic mass is 35.5. The zero-order valence-corrected chi connectivity index (χ0v) is 14.7. The van der Waals surface area contributed by atoms with Crippen LogP contribution in [0.25, 0.3) is 0 Å². The summed E-state index contributed by atoms with van der Waals surface area (Å²) in [5, 5.41) is 10.0. The van der Waals surface area contributed by atoms with Crippen molar-refractivity contribution >= 4 is 29.2 Å². The van der Waals surface area contributed by atoms with Crippen LogP contribution in [0.2, 0.25) is 10.0 Å². The molecule has 1 aliphatic rings. The maximum atomic E-state index is 10.8. The molecule has 1 aromatic rings. The molecular weight excluding hydrogens is 339 g/mol. The van der Waals surface area contributed by atoms with Crippen molar-refractivity contribution in [2.24, 2.45) is 0 Å². The number of carbonyl (C=O) groups is 1. The van der Waals surface area contributed by atoms with Crippen LogP contribution in [-0.2, 0) is 4.79 Å². The molecule has 1 saturated heterocycles. The molecule has 0 amide bonds. The molecule has 0 aliphatic carbocycles. The number of carboxylic acids is 1. The lowest BCUT2D eigenvalue weighted by atomic mass is 10.0. The molecule has 5 nitrogen and oxygen atoms in total. The largest absolute Gasteiger partial charge is 0.491 e. The number of rotatable bonds is 7. The third kappa shape index (κ3) is 5.84. The number of halogens is 2. The Morgan fingerprint density at radius 1 is 1.39 bits per heavy atom. The van der Waals surface area contributed by atoms with Gasteiger partial charge in [-0.3, -0.25) is 14.6 Å². The van der Waals surface area contributed by atoms with Gasteiger partial charge in [0, 0.05) is 23.7 Å². The Balaban J connectivity index is 1.70. The van der Waals surface area contributed by atoms with Crippen molar-refractivity contribution < 1.29 is 14.6 Å². The van der Waals surface area contributed by atoms with Gasteiger partial charge in [0.1, 0.15) is 12.4 Å². The summed E-state index contributed by atoms with van der Waals surface area (Å²) in [6.07, 6.45) is 1.95. The molecule has 23 heavy (non-hydrogen) atoms. The normalized spacial score (nSPS) is 16.7. The predicted octanol–water partition coefficient (Wildman–Crippen LogP) is 2.85. The Kier molecular flexibility index (Phi) is 6.96. The molecule has 0 atom stereocenters. The van der Waals surface area contributed by atoms with Gasteiger partial charge in [0.05, 0.1) is 11.6 Å². The van der Waals surface area contributed by atoms with Crippen molar-refractivity contribution in [2.75, 3.05) is 39.8 Å². The smallest absolute Gasteiger partial charge is 0.317 e. The molecule has 0 saturated carbocycles. The average molecular weight is 361 g/mol. The summed E-state index contributed by atoms with van der Waals surface area (Å²) >= 11 is 12.0. The lowest BCUT2D eigenvalue weighted by Crippen LogP contribution is -2.45. The van der Waals surface area contributed by atoms with Crippen molar-refractivity contribution in [1.82, 2.24) is 9.80 Å². The fourth-order valence-corrected chi connectivity index (χ4v) is 3.13. The van der Waals surface area contributed by atoms with Crippen molar-refractivity contribution in [1.29, 1.82) is 0 Å². The topological polar surface area (TPSA) is 53.0 Å². The Hall–Kier alpha value is -1.01. The van der Waals surface area contributed by atoms with E-state index in [1.165, 1.54) is 0 Å². The molecule has 1 fully saturated rings. The summed E-state index contributed by atoms with van der Waals surface area (Å²) in [4.78, 5) is 15.0. The number of likely N-dealkylation sites (tertiary alicyclic amines) is 1. The van der Waals surface area contributed by atoms with E-state index in [0.29, 0.717) is 28.4 Å². The summed E-state index contributed by atoms with van der Waals surface area (Å²) in [7, 11) is 1.87. The number of ether oxygens (including phenoxy) is 1. The van der Waals surface area contributed by atoms with Crippen LogP contribution in [0.4, 0.5) is 0 Å². The monoisotopic (exact) mass is 360 g/mol. The van der Waals surface area contributed by atoms with Crippen LogP contribution in [0.1, 0.15) is 12.8 Å². The van der Waals surface area contributed by atoms with E-state index in [0.717, 1.165) is 32.5 Å². The van der Waals surface area contributed by atoms with Crippen molar-refractivity contribution in [2.45, 2.75) is 18.9 Å². The molecule has 2 rings (SSSR count). The lowest BCUT2D eigenvalue weighted by molar-refractivity contribution is -0.138. The van der Waals surface area contributed by atoms with Gasteiger partial charge in [-0.05, 0) is 45.1 Å². The Morgan fingerprint density at radius 2 is 2.09 bits per heavy atom. The summed E-state index contributed by atoms with van der Waals surface area (Å²) < 4.78 is 5.70. The second-order valence-corrected chi connectivity index (χ2v) is 6.65. The molecule has 1 aromatic carbocycles. The van der Waals surface area contributed by atoms with Crippen LogP contribution in [0, 0.1) is 0 Å². The average Bonchev–Trinajstić information content (AvgIpc) is 2.50. The molecule has 0 spiro atoms. The fourth-order valence-electron chi connectivity index (χ4n) is 2.80. The first kappa shape index (κ1) is 18.3. The van der Waals surface area contributed by atoms with Gasteiger partial charge in [0.15, 0.2) is 0 Å². The van der Waals surface area contributed by atoms with E-state index < -0.39 is 5.97 Å². The minimum Gasteiger partial charge on any atom is -0.491 e. The molecule has 1 aliphatic heterocycles. The quantitative estimate of drug-likeness (QED) is 0.810. The first-order valence-corrected chi connectivity index (χ1v) is 8.43. The van der Waals surface area contributed by atoms with Crippen molar-refractivity contribution in [3.8, 4) is 5.75 Å². The van der Waals surface area contributed by atoms with E-state index in [9.17, 15) is 4.79 Å². The Labute approximate surface area is 146 Å². The van der Waals surface area contributed by atoms with Gasteiger partial charge < -0.3 is 9.84 Å². The maximum Gasteiger partial charge on any atom is 0.317 e. The number of carboxylic acid groups (broad SMARTS) is 1. The standard InChI is InChI=1S/C16H22Cl2N2O3/c1-19(11-16(21)22)13-4-6-20(7-5-13)8-9-23-15-10-12(17)2-3-14(15)18/h2-3,10,13H,4-9,11H2,1H3,(H,21,22). The number of likely N-dealkylation sites (N-methyl/N-ethyl adjacent to an activating group) is 1. The minimum absolute atomic E-state index is 0.0983. The highest BCUT2D eigenvalue weighted by Gasteiger charge is 2.23. The third-order valence-electron chi connectivity index (χ3n) is 4.12. The summed E-state index contributed by atoms with van der Waals surface area (Å²) in [5.41, 5.74) is 0. The van der Waals surface area contributed by atoms with Gasteiger partial charge in [-0.15, -0.1) is 0 Å². The first-order valence-electron chi connectivity index (χ1n) is 7.68. The number of nitrogens with zero attached hydrogens (tertiary/aromatic N) is 2. The zero-order valence-electron chi connectivity index (χ0n) is 13.2. The fraction of sp³-hybridized carbons (Fsp3) is 0.562. The number of piperidine rings is 1. The predicted molar refractivity (Wildman–Crippen MR) is 91.7 cm³/mol. The van der Waals surface area contributed by atoms with Crippen LogP contribution < -0.4 is 4.74 Å². The number of aliphatic carboxylic acids is 1. The van der Waals surface area contributed by atoms with E-state index >= 15 is 0 Å². The number of benzene rings is 1. The molecular formula is C16H22Cl2N2O3. The van der Waals surface area contributed by atoms with Crippen molar-refractivity contribution in [3.05, 3.63) is 28.2 Å². The maximum absolute atomic E-state index is 10.8. The molecule has 0 bridgehead atoms. The van der Waals surface area contributed by atoms with E-state index in [1.807, 2.05) is 11.9 Å². The van der Waals surface area contributed by atoms with Crippen molar-refractivity contribution in [3.63, 3.8) is 0 Å². The summed E-state index contributed by atoms with van der Waals surface area (Å²) in [5.74, 6) is -0.169. The van der Waals surface area contributed by atoms with Gasteiger partial charge in [0.2, 0.25) is 0 Å². The van der Waals surface area contributed by atoms with Crippen LogP contribution in [-0.4, -0.2) is 66.8 Å². The molecule has 1 N–H and O–H groups in total. The summed E-state index contributed by atoms with van der Waals surface area (Å²) in [6, 6.07) is 5.51. The van der Waals surface area contributed by atoms with Crippen LogP contribution >= 0.6 is 23.2 Å². The molecule has 0 unspecified atom stereocenters. The number of hydrogen-bond acceptors (Lipinski definition) is 4. The first-order chi connectivity index (χ1) is 11.0. The lowest BCUT2D eigenvalue weighted by Gasteiger charge is -2.36. The molecule has 0 radical (unpaired) electrons. The van der Waals surface area contributed by atoms with Crippen LogP contribution in [0.5, 0.6) is 5.75 Å². The van der Waals surface area contributed by atoms with Crippen LogP contribution in [0.15, 0.2) is 18.2 Å². The number of hydrogen-bond donors (Lipinski definition) is 1. The van der Waals surface area contributed by atoms with Gasteiger partial charge in [-0.25, -0.2) is 0 Å². The van der Waals surface area contributed by atoms with Gasteiger partial charge >= 0.3 is 5.97 Å². The molecule has 1 heterocycles. The van der Waals surface area contributed by atoms with E-state index in [4.69, 9.17) is 33.0 Å². The Bertz CT molecular complexity index is 534. The van der Waals surface area contributed by atoms with E-state index in [2.05, 4.69) is 4.90 Å². The second kappa shape index (κ2) is 8.73. The minimum atomic E-state index is -0.776. The van der Waals surface area contributed by atoms with Crippen LogP contribution in [0.3, 0.4) is 0 Å². The van der Waals surface area contributed by atoms with Gasteiger partial charge in [-0.2, -0.15) is 0 Å². The van der Waals surface area contributed by atoms with E-state index in [-0.39, 0.29) is 6.54 Å². The van der Waals surface area contributed by atoms with Gasteiger partial charge in [-0.1, -0.05) is 23.2 Å².